The summed E-state index contributed by atoms with van der Waals surface area (Å²) in [5.74, 6) is 0. The lowest BCUT2D eigenvalue weighted by Gasteiger charge is -2.09. The first-order chi connectivity index (χ1) is 7.86. The van der Waals surface area contributed by atoms with Crippen LogP contribution in [-0.2, 0) is 0 Å². The monoisotopic (exact) mass is 208 g/mol. The number of nitrogens with zero attached hydrogens (tertiary/aromatic N) is 1. The minimum atomic E-state index is 0.821. The molecule has 2 nitrogen and oxygen atoms in total. The van der Waals surface area contributed by atoms with Gasteiger partial charge in [-0.3, -0.25) is 0 Å². The molecule has 1 heterocycles. The summed E-state index contributed by atoms with van der Waals surface area (Å²) in [5, 5.41) is 2.28. The number of anilines is 1. The van der Waals surface area contributed by atoms with E-state index < -0.39 is 0 Å². The molecule has 0 saturated carbocycles. The van der Waals surface area contributed by atoms with E-state index in [-0.39, 0.29) is 0 Å². The first-order valence-electron chi connectivity index (χ1n) is 5.27. The van der Waals surface area contributed by atoms with E-state index in [0.717, 1.165) is 16.8 Å². The number of hydrogen-bond acceptors (Lipinski definition) is 1. The summed E-state index contributed by atoms with van der Waals surface area (Å²) in [6.07, 6.45) is 4.06. The Morgan fingerprint density at radius 2 is 1.50 bits per heavy atom. The molecule has 0 aliphatic heterocycles. The molecule has 16 heavy (non-hydrogen) atoms. The molecule has 2 N–H and O–H groups in total. The molecule has 0 bridgehead atoms. The van der Waals surface area contributed by atoms with Gasteiger partial charge in [0, 0.05) is 23.5 Å². The van der Waals surface area contributed by atoms with Gasteiger partial charge in [0.15, 0.2) is 0 Å². The van der Waals surface area contributed by atoms with E-state index in [9.17, 15) is 0 Å². The van der Waals surface area contributed by atoms with Gasteiger partial charge in [-0.2, -0.15) is 0 Å². The van der Waals surface area contributed by atoms with Crippen molar-refractivity contribution in [3.05, 3.63) is 60.9 Å². The number of rotatable bonds is 1. The molecule has 0 fully saturated rings. The Morgan fingerprint density at radius 1 is 0.812 bits per heavy atom. The third-order valence-corrected chi connectivity index (χ3v) is 2.80. The number of nitrogens with two attached hydrogens (primary N) is 1. The molecule has 0 amide bonds. The molecule has 0 aliphatic carbocycles. The van der Waals surface area contributed by atoms with Crippen LogP contribution in [0.25, 0.3) is 16.5 Å². The lowest BCUT2D eigenvalue weighted by Crippen LogP contribution is -1.94. The fourth-order valence-electron chi connectivity index (χ4n) is 2.06. The maximum Gasteiger partial charge on any atom is 0.0548 e. The van der Waals surface area contributed by atoms with Crippen LogP contribution in [-0.4, -0.2) is 4.57 Å². The van der Waals surface area contributed by atoms with Crippen molar-refractivity contribution in [2.24, 2.45) is 0 Å². The van der Waals surface area contributed by atoms with Crippen LogP contribution < -0.4 is 5.73 Å². The van der Waals surface area contributed by atoms with Gasteiger partial charge in [0.2, 0.25) is 0 Å². The molecular formula is C14H12N2. The zero-order chi connectivity index (χ0) is 11.0. The number of nitrogen functional groups attached to an aromatic ring is 1. The summed E-state index contributed by atoms with van der Waals surface area (Å²) in [6, 6.07) is 16.2. The maximum absolute atomic E-state index is 6.05. The molecule has 0 unspecified atom stereocenters. The van der Waals surface area contributed by atoms with Gasteiger partial charge in [-0.25, -0.2) is 0 Å². The van der Waals surface area contributed by atoms with Crippen LogP contribution in [0.3, 0.4) is 0 Å². The Labute approximate surface area is 93.9 Å². The zero-order valence-electron chi connectivity index (χ0n) is 8.80. The Morgan fingerprint density at radius 3 is 2.25 bits per heavy atom. The van der Waals surface area contributed by atoms with Crippen molar-refractivity contribution in [3.63, 3.8) is 0 Å². The van der Waals surface area contributed by atoms with Crippen LogP contribution >= 0.6 is 0 Å². The van der Waals surface area contributed by atoms with Gasteiger partial charge in [0.05, 0.1) is 5.69 Å². The SMILES string of the molecule is Nc1cccc2cccc(-n3cccc3)c12. The van der Waals surface area contributed by atoms with E-state index in [4.69, 9.17) is 5.73 Å². The van der Waals surface area contributed by atoms with Crippen molar-refractivity contribution < 1.29 is 0 Å². The van der Waals surface area contributed by atoms with Crippen LogP contribution in [0.1, 0.15) is 0 Å². The number of benzene rings is 2. The van der Waals surface area contributed by atoms with Gasteiger partial charge < -0.3 is 10.3 Å². The third kappa shape index (κ3) is 1.27. The van der Waals surface area contributed by atoms with Gasteiger partial charge in [-0.15, -0.1) is 0 Å². The van der Waals surface area contributed by atoms with Gasteiger partial charge in [-0.05, 0) is 29.7 Å². The van der Waals surface area contributed by atoms with Crippen molar-refractivity contribution in [1.29, 1.82) is 0 Å². The molecule has 0 radical (unpaired) electrons. The van der Waals surface area contributed by atoms with Crippen molar-refractivity contribution in [3.8, 4) is 5.69 Å². The number of aromatic nitrogens is 1. The van der Waals surface area contributed by atoms with E-state index in [0.29, 0.717) is 0 Å². The third-order valence-electron chi connectivity index (χ3n) is 2.80. The average Bonchev–Trinajstić information content (AvgIpc) is 2.82. The zero-order valence-corrected chi connectivity index (χ0v) is 8.80. The molecule has 0 atom stereocenters. The van der Waals surface area contributed by atoms with Gasteiger partial charge in [0.25, 0.3) is 0 Å². The van der Waals surface area contributed by atoms with Crippen molar-refractivity contribution in [2.75, 3.05) is 5.73 Å². The summed E-state index contributed by atoms with van der Waals surface area (Å²) in [7, 11) is 0. The Hall–Kier alpha value is -2.22. The first-order valence-corrected chi connectivity index (χ1v) is 5.27. The van der Waals surface area contributed by atoms with Crippen molar-refractivity contribution >= 4 is 16.5 Å². The second-order valence-corrected chi connectivity index (χ2v) is 3.81. The molecule has 78 valence electrons. The van der Waals surface area contributed by atoms with E-state index in [1.165, 1.54) is 5.39 Å². The Bertz CT molecular complexity index is 619. The quantitative estimate of drug-likeness (QED) is 0.611. The molecule has 3 aromatic rings. The van der Waals surface area contributed by atoms with E-state index in [1.54, 1.807) is 0 Å². The van der Waals surface area contributed by atoms with Gasteiger partial charge in [-0.1, -0.05) is 24.3 Å². The molecule has 0 spiro atoms. The topological polar surface area (TPSA) is 30.9 Å². The minimum absolute atomic E-state index is 0.821. The highest BCUT2D eigenvalue weighted by atomic mass is 14.9. The second kappa shape index (κ2) is 3.42. The Balaban J connectivity index is 2.41. The minimum Gasteiger partial charge on any atom is -0.398 e. The number of hydrogen-bond donors (Lipinski definition) is 1. The number of fused-ring (bicyclic) bond motifs is 1. The summed E-state index contributed by atoms with van der Waals surface area (Å²) in [6.45, 7) is 0. The van der Waals surface area contributed by atoms with Crippen molar-refractivity contribution in [2.45, 2.75) is 0 Å². The van der Waals surface area contributed by atoms with Crippen molar-refractivity contribution in [1.82, 2.24) is 4.57 Å². The largest absolute Gasteiger partial charge is 0.398 e. The van der Waals surface area contributed by atoms with Crippen LogP contribution in [0.2, 0.25) is 0 Å². The van der Waals surface area contributed by atoms with Crippen LogP contribution in [0, 0.1) is 0 Å². The predicted molar refractivity (Wildman–Crippen MR) is 67.7 cm³/mol. The van der Waals surface area contributed by atoms with E-state index in [1.807, 2.05) is 36.7 Å². The summed E-state index contributed by atoms with van der Waals surface area (Å²) < 4.78 is 2.08. The molecule has 0 saturated heterocycles. The molecule has 0 aliphatic rings. The summed E-state index contributed by atoms with van der Waals surface area (Å²) >= 11 is 0. The van der Waals surface area contributed by atoms with Gasteiger partial charge >= 0.3 is 0 Å². The first kappa shape index (κ1) is 9.04. The fourth-order valence-corrected chi connectivity index (χ4v) is 2.06. The molecular weight excluding hydrogens is 196 g/mol. The highest BCUT2D eigenvalue weighted by molar-refractivity contribution is 5.99. The summed E-state index contributed by atoms with van der Waals surface area (Å²) in [4.78, 5) is 0. The highest BCUT2D eigenvalue weighted by Crippen LogP contribution is 2.27. The van der Waals surface area contributed by atoms with Gasteiger partial charge in [0.1, 0.15) is 0 Å². The molecule has 1 aromatic heterocycles. The summed E-state index contributed by atoms with van der Waals surface area (Å²) in [5.41, 5.74) is 8.00. The molecule has 3 rings (SSSR count). The van der Waals surface area contributed by atoms with E-state index >= 15 is 0 Å². The maximum atomic E-state index is 6.05. The molecule has 2 aromatic carbocycles. The Kier molecular flexibility index (Phi) is 1.93. The predicted octanol–water partition coefficient (Wildman–Crippen LogP) is 3.21. The average molecular weight is 208 g/mol. The standard InChI is InChI=1S/C14H12N2/c15-12-7-3-5-11-6-4-8-13(14(11)12)16-9-1-2-10-16/h1-10H,15H2. The second-order valence-electron chi connectivity index (χ2n) is 3.81. The lowest BCUT2D eigenvalue weighted by molar-refractivity contribution is 1.09. The lowest BCUT2D eigenvalue weighted by atomic mass is 10.1. The smallest absolute Gasteiger partial charge is 0.0548 e. The van der Waals surface area contributed by atoms with Crippen LogP contribution in [0.5, 0.6) is 0 Å². The normalized spacial score (nSPS) is 10.8. The van der Waals surface area contributed by atoms with Crippen LogP contribution in [0.15, 0.2) is 60.9 Å². The molecule has 2 heteroatoms. The van der Waals surface area contributed by atoms with E-state index in [2.05, 4.69) is 28.8 Å². The highest BCUT2D eigenvalue weighted by Gasteiger charge is 2.04. The fraction of sp³-hybridized carbons (Fsp3) is 0. The van der Waals surface area contributed by atoms with Crippen LogP contribution in [0.4, 0.5) is 5.69 Å².